The number of rotatable bonds is 6. The molecule has 0 aliphatic carbocycles. The largest absolute Gasteiger partial charge is 0.494 e. The summed E-state index contributed by atoms with van der Waals surface area (Å²) in [4.78, 5) is 31.7. The minimum absolute atomic E-state index is 0.00721. The van der Waals surface area contributed by atoms with Gasteiger partial charge < -0.3 is 25.4 Å². The van der Waals surface area contributed by atoms with Crippen LogP contribution in [0.3, 0.4) is 0 Å². The number of hydrogen-bond acceptors (Lipinski definition) is 7. The molecule has 3 aromatic rings. The quantitative estimate of drug-likeness (QED) is 0.423. The van der Waals surface area contributed by atoms with Gasteiger partial charge in [0.1, 0.15) is 23.3 Å². The standard InChI is InChI=1S/C30H31F2N5O4/c1-30(2,3)41-29(39)35-20-9-11-37(12-10-20)25-15-21(28(34)38)26(17-7-8-24(40-4)23(32)13-17)27(36-25)18-5-6-19(16-33)22(31)14-18/h5-8,13-15,20H,9-12H2,1-4H3,(H2,34,38)(H,35,39). The predicted molar refractivity (Wildman–Crippen MR) is 149 cm³/mol. The van der Waals surface area contributed by atoms with Crippen LogP contribution < -0.4 is 20.7 Å². The van der Waals surface area contributed by atoms with Gasteiger partial charge in [-0.1, -0.05) is 12.1 Å². The second-order valence-electron chi connectivity index (χ2n) is 10.7. The number of alkyl carbamates (subject to hydrolysis) is 1. The van der Waals surface area contributed by atoms with E-state index in [9.17, 15) is 23.6 Å². The molecule has 1 aliphatic heterocycles. The van der Waals surface area contributed by atoms with E-state index in [4.69, 9.17) is 20.2 Å². The van der Waals surface area contributed by atoms with Gasteiger partial charge in [-0.2, -0.15) is 5.26 Å². The highest BCUT2D eigenvalue weighted by atomic mass is 19.1. The van der Waals surface area contributed by atoms with E-state index in [2.05, 4.69) is 5.32 Å². The van der Waals surface area contributed by atoms with Crippen molar-refractivity contribution >= 4 is 17.8 Å². The molecule has 1 aliphatic rings. The van der Waals surface area contributed by atoms with Crippen LogP contribution in [-0.4, -0.2) is 48.8 Å². The molecule has 9 nitrogen and oxygen atoms in total. The highest BCUT2D eigenvalue weighted by molar-refractivity contribution is 6.04. The first-order valence-corrected chi connectivity index (χ1v) is 13.0. The van der Waals surface area contributed by atoms with E-state index < -0.39 is 29.2 Å². The Kier molecular flexibility index (Phi) is 8.42. The number of piperidine rings is 1. The number of halogens is 2. The number of hydrogen-bond donors (Lipinski definition) is 2. The summed E-state index contributed by atoms with van der Waals surface area (Å²) in [7, 11) is 1.33. The Morgan fingerprint density at radius 1 is 1.07 bits per heavy atom. The van der Waals surface area contributed by atoms with Crippen LogP contribution in [0.1, 0.15) is 49.5 Å². The third-order valence-electron chi connectivity index (χ3n) is 6.61. The molecule has 2 heterocycles. The number of nitrogens with one attached hydrogen (secondary N) is 1. The van der Waals surface area contributed by atoms with Gasteiger partial charge in [-0.25, -0.2) is 18.6 Å². The van der Waals surface area contributed by atoms with Crippen molar-refractivity contribution in [3.63, 3.8) is 0 Å². The summed E-state index contributed by atoms with van der Waals surface area (Å²) in [5, 5.41) is 12.1. The maximum Gasteiger partial charge on any atom is 0.407 e. The molecule has 0 unspecified atom stereocenters. The smallest absolute Gasteiger partial charge is 0.407 e. The van der Waals surface area contributed by atoms with Crippen LogP contribution in [0.5, 0.6) is 5.75 Å². The third kappa shape index (κ3) is 6.72. The number of primary amides is 1. The van der Waals surface area contributed by atoms with Gasteiger partial charge in [0, 0.05) is 30.3 Å². The number of nitriles is 1. The number of amides is 2. The van der Waals surface area contributed by atoms with Gasteiger partial charge in [0.2, 0.25) is 5.91 Å². The number of nitrogens with two attached hydrogens (primary N) is 1. The van der Waals surface area contributed by atoms with Crippen LogP contribution >= 0.6 is 0 Å². The number of aromatic nitrogens is 1. The van der Waals surface area contributed by atoms with Crippen LogP contribution in [0.25, 0.3) is 22.4 Å². The molecule has 214 valence electrons. The van der Waals surface area contributed by atoms with Crippen molar-refractivity contribution in [1.82, 2.24) is 10.3 Å². The van der Waals surface area contributed by atoms with Gasteiger partial charge in [0.05, 0.1) is 23.9 Å². The zero-order valence-corrected chi connectivity index (χ0v) is 23.3. The Hall–Kier alpha value is -4.72. The Balaban J connectivity index is 1.76. The van der Waals surface area contributed by atoms with E-state index in [1.54, 1.807) is 32.9 Å². The van der Waals surface area contributed by atoms with Crippen LogP contribution in [0.4, 0.5) is 19.4 Å². The van der Waals surface area contributed by atoms with Gasteiger partial charge in [0.25, 0.3) is 0 Å². The van der Waals surface area contributed by atoms with E-state index in [-0.39, 0.29) is 45.3 Å². The number of methoxy groups -OCH3 is 1. The average molecular weight is 564 g/mol. The van der Waals surface area contributed by atoms with Gasteiger partial charge in [-0.05, 0) is 69.5 Å². The Bertz CT molecular complexity index is 1520. The summed E-state index contributed by atoms with van der Waals surface area (Å²) in [6.45, 7) is 6.35. The van der Waals surface area contributed by atoms with Crippen LogP contribution in [0.2, 0.25) is 0 Å². The van der Waals surface area contributed by atoms with Crippen molar-refractivity contribution in [2.45, 2.75) is 45.3 Å². The minimum atomic E-state index is -0.781. The van der Waals surface area contributed by atoms with Gasteiger partial charge in [0.15, 0.2) is 11.6 Å². The van der Waals surface area contributed by atoms with E-state index in [0.717, 1.165) is 6.07 Å². The monoisotopic (exact) mass is 563 g/mol. The van der Waals surface area contributed by atoms with Crippen LogP contribution in [-0.2, 0) is 4.74 Å². The normalized spacial score (nSPS) is 13.8. The van der Waals surface area contributed by atoms with E-state index in [1.165, 1.54) is 37.4 Å². The maximum absolute atomic E-state index is 14.7. The molecule has 2 amide bonds. The van der Waals surface area contributed by atoms with Gasteiger partial charge in [-0.15, -0.1) is 0 Å². The molecule has 41 heavy (non-hydrogen) atoms. The molecular weight excluding hydrogens is 532 g/mol. The Morgan fingerprint density at radius 2 is 1.73 bits per heavy atom. The highest BCUT2D eigenvalue weighted by Crippen LogP contribution is 2.38. The molecule has 0 spiro atoms. The third-order valence-corrected chi connectivity index (χ3v) is 6.61. The first-order valence-electron chi connectivity index (χ1n) is 13.0. The van der Waals surface area contributed by atoms with Crippen molar-refractivity contribution in [3.8, 4) is 34.2 Å². The number of ether oxygens (including phenoxy) is 2. The van der Waals surface area contributed by atoms with Gasteiger partial charge >= 0.3 is 6.09 Å². The lowest BCUT2D eigenvalue weighted by Gasteiger charge is -2.34. The number of anilines is 1. The van der Waals surface area contributed by atoms with Crippen molar-refractivity contribution in [2.24, 2.45) is 5.73 Å². The lowest BCUT2D eigenvalue weighted by atomic mass is 9.93. The number of carbonyl (C=O) groups excluding carboxylic acids is 2. The van der Waals surface area contributed by atoms with Crippen LogP contribution in [0.15, 0.2) is 42.5 Å². The summed E-state index contributed by atoms with van der Waals surface area (Å²) in [6, 6.07) is 11.3. The summed E-state index contributed by atoms with van der Waals surface area (Å²) in [5.41, 5.74) is 6.08. The van der Waals surface area contributed by atoms with E-state index in [0.29, 0.717) is 31.7 Å². The summed E-state index contributed by atoms with van der Waals surface area (Å²) < 4.78 is 39.8. The Labute approximate surface area is 236 Å². The number of carbonyl (C=O) groups is 2. The number of pyridine rings is 1. The minimum Gasteiger partial charge on any atom is -0.494 e. The van der Waals surface area contributed by atoms with Gasteiger partial charge in [-0.3, -0.25) is 4.79 Å². The van der Waals surface area contributed by atoms with Crippen molar-refractivity contribution in [2.75, 3.05) is 25.1 Å². The zero-order valence-electron chi connectivity index (χ0n) is 23.3. The number of nitrogens with zero attached hydrogens (tertiary/aromatic N) is 3. The molecule has 4 rings (SSSR count). The molecule has 0 atom stereocenters. The summed E-state index contributed by atoms with van der Waals surface area (Å²) in [6.07, 6.45) is 0.671. The predicted octanol–water partition coefficient (Wildman–Crippen LogP) is 5.17. The molecule has 1 fully saturated rings. The van der Waals surface area contributed by atoms with Crippen molar-refractivity contribution in [3.05, 3.63) is 65.2 Å². The first-order chi connectivity index (χ1) is 19.4. The van der Waals surface area contributed by atoms with E-state index in [1.807, 2.05) is 4.90 Å². The number of benzene rings is 2. The second-order valence-corrected chi connectivity index (χ2v) is 10.7. The summed E-state index contributed by atoms with van der Waals surface area (Å²) in [5.74, 6) is -1.80. The molecule has 1 aromatic heterocycles. The molecule has 0 bridgehead atoms. The summed E-state index contributed by atoms with van der Waals surface area (Å²) >= 11 is 0. The lowest BCUT2D eigenvalue weighted by molar-refractivity contribution is 0.0497. The topological polar surface area (TPSA) is 131 Å². The maximum atomic E-state index is 14.7. The van der Waals surface area contributed by atoms with Crippen molar-refractivity contribution in [1.29, 1.82) is 5.26 Å². The molecule has 3 N–H and O–H groups in total. The molecule has 0 radical (unpaired) electrons. The highest BCUT2D eigenvalue weighted by Gasteiger charge is 2.27. The lowest BCUT2D eigenvalue weighted by Crippen LogP contribution is -2.46. The fourth-order valence-corrected chi connectivity index (χ4v) is 4.69. The molecular formula is C30H31F2N5O4. The van der Waals surface area contributed by atoms with Crippen molar-refractivity contribution < 1.29 is 27.8 Å². The van der Waals surface area contributed by atoms with Crippen LogP contribution in [0, 0.1) is 23.0 Å². The average Bonchev–Trinajstić information content (AvgIpc) is 2.91. The second kappa shape index (κ2) is 11.8. The molecule has 0 saturated carbocycles. The SMILES string of the molecule is COc1ccc(-c2c(C(N)=O)cc(N3CCC(NC(=O)OC(C)(C)C)CC3)nc2-c2ccc(C#N)c(F)c2)cc1F. The first kappa shape index (κ1) is 29.3. The molecule has 2 aromatic carbocycles. The fourth-order valence-electron chi connectivity index (χ4n) is 4.69. The zero-order chi connectivity index (χ0) is 29.9. The fraction of sp³-hybridized carbons (Fsp3) is 0.333. The molecule has 1 saturated heterocycles. The van der Waals surface area contributed by atoms with E-state index >= 15 is 0 Å². The molecule has 11 heteroatoms. The Morgan fingerprint density at radius 3 is 2.29 bits per heavy atom.